The fraction of sp³-hybridized carbons (Fsp3) is 0.304. The third-order valence-electron chi connectivity index (χ3n) is 5.85. The summed E-state index contributed by atoms with van der Waals surface area (Å²) in [5.41, 5.74) is 4.86. The summed E-state index contributed by atoms with van der Waals surface area (Å²) in [7, 11) is 0. The Morgan fingerprint density at radius 2 is 1.97 bits per heavy atom. The monoisotopic (exact) mass is 413 g/mol. The van der Waals surface area contributed by atoms with Crippen LogP contribution < -0.4 is 0 Å². The number of aryl methyl sites for hydroxylation is 1. The molecule has 0 N–H and O–H groups in total. The number of aromatic nitrogens is 6. The third kappa shape index (κ3) is 4.01. The van der Waals surface area contributed by atoms with Crippen LogP contribution in [0.4, 0.5) is 0 Å². The highest BCUT2D eigenvalue weighted by molar-refractivity contribution is 5.77. The SMILES string of the molecule is O=C(CCn1nnc2ccccc21)N1CCC[C@@H](c2ncncc2-c2ccncc2)C1. The highest BCUT2D eigenvalue weighted by Gasteiger charge is 2.27. The van der Waals surface area contributed by atoms with Crippen molar-refractivity contribution in [3.05, 3.63) is 67.0 Å². The van der Waals surface area contributed by atoms with Crippen molar-refractivity contribution in [2.45, 2.75) is 31.7 Å². The van der Waals surface area contributed by atoms with Gasteiger partial charge < -0.3 is 4.90 Å². The van der Waals surface area contributed by atoms with Crippen molar-refractivity contribution in [3.63, 3.8) is 0 Å². The normalized spacial score (nSPS) is 16.5. The first-order valence-electron chi connectivity index (χ1n) is 10.6. The van der Waals surface area contributed by atoms with E-state index in [4.69, 9.17) is 0 Å². The summed E-state index contributed by atoms with van der Waals surface area (Å²) < 4.78 is 1.81. The van der Waals surface area contributed by atoms with Gasteiger partial charge in [0.2, 0.25) is 5.91 Å². The number of carbonyl (C=O) groups is 1. The maximum absolute atomic E-state index is 13.0. The molecule has 0 unspecified atom stereocenters. The van der Waals surface area contributed by atoms with Crippen molar-refractivity contribution >= 4 is 16.9 Å². The van der Waals surface area contributed by atoms with Gasteiger partial charge in [0.05, 0.1) is 17.8 Å². The molecule has 1 atom stereocenters. The van der Waals surface area contributed by atoms with Crippen LogP contribution in [0.2, 0.25) is 0 Å². The number of benzene rings is 1. The minimum Gasteiger partial charge on any atom is -0.342 e. The number of carbonyl (C=O) groups excluding carboxylic acids is 1. The molecule has 31 heavy (non-hydrogen) atoms. The first kappa shape index (κ1) is 19.3. The molecule has 5 rings (SSSR count). The molecule has 156 valence electrons. The summed E-state index contributed by atoms with van der Waals surface area (Å²) in [4.78, 5) is 27.9. The Morgan fingerprint density at radius 1 is 1.10 bits per heavy atom. The summed E-state index contributed by atoms with van der Waals surface area (Å²) in [6.07, 6.45) is 9.37. The van der Waals surface area contributed by atoms with Crippen molar-refractivity contribution in [3.8, 4) is 11.1 Å². The van der Waals surface area contributed by atoms with Gasteiger partial charge in [0, 0.05) is 49.6 Å². The molecule has 1 aromatic carbocycles. The van der Waals surface area contributed by atoms with E-state index in [1.165, 1.54) is 0 Å². The molecule has 0 radical (unpaired) electrons. The first-order valence-corrected chi connectivity index (χ1v) is 10.6. The molecule has 1 amide bonds. The first-order chi connectivity index (χ1) is 15.3. The molecule has 1 saturated heterocycles. The minimum absolute atomic E-state index is 0.142. The number of fused-ring (bicyclic) bond motifs is 1. The molecule has 1 aliphatic heterocycles. The Balaban J connectivity index is 1.29. The second kappa shape index (κ2) is 8.59. The van der Waals surface area contributed by atoms with Gasteiger partial charge in [-0.15, -0.1) is 5.10 Å². The molecule has 1 fully saturated rings. The quantitative estimate of drug-likeness (QED) is 0.499. The maximum atomic E-state index is 13.0. The van der Waals surface area contributed by atoms with E-state index in [-0.39, 0.29) is 11.8 Å². The van der Waals surface area contributed by atoms with E-state index in [2.05, 4.69) is 25.3 Å². The second-order valence-corrected chi connectivity index (χ2v) is 7.79. The van der Waals surface area contributed by atoms with Crippen LogP contribution in [0.3, 0.4) is 0 Å². The van der Waals surface area contributed by atoms with Crippen LogP contribution in [0.5, 0.6) is 0 Å². The lowest BCUT2D eigenvalue weighted by Crippen LogP contribution is -2.39. The van der Waals surface area contributed by atoms with Gasteiger partial charge >= 0.3 is 0 Å². The number of piperidine rings is 1. The molecule has 3 aromatic heterocycles. The number of pyridine rings is 1. The highest BCUT2D eigenvalue weighted by Crippen LogP contribution is 2.32. The van der Waals surface area contributed by atoms with E-state index in [0.29, 0.717) is 19.5 Å². The second-order valence-electron chi connectivity index (χ2n) is 7.79. The predicted octanol–water partition coefficient (Wildman–Crippen LogP) is 3.08. The van der Waals surface area contributed by atoms with Crippen LogP contribution in [0.1, 0.15) is 30.9 Å². The topological polar surface area (TPSA) is 89.7 Å². The highest BCUT2D eigenvalue weighted by atomic mass is 16.2. The van der Waals surface area contributed by atoms with Crippen molar-refractivity contribution < 1.29 is 4.79 Å². The number of hydrogen-bond donors (Lipinski definition) is 0. The average Bonchev–Trinajstić information content (AvgIpc) is 3.26. The Morgan fingerprint density at radius 3 is 2.87 bits per heavy atom. The molecular weight excluding hydrogens is 390 g/mol. The fourth-order valence-corrected chi connectivity index (χ4v) is 4.29. The molecule has 0 saturated carbocycles. The van der Waals surface area contributed by atoms with Crippen LogP contribution in [0.25, 0.3) is 22.2 Å². The summed E-state index contributed by atoms with van der Waals surface area (Å²) in [6.45, 7) is 1.98. The van der Waals surface area contributed by atoms with Gasteiger partial charge in [-0.1, -0.05) is 17.3 Å². The van der Waals surface area contributed by atoms with Crippen molar-refractivity contribution in [2.75, 3.05) is 13.1 Å². The van der Waals surface area contributed by atoms with Gasteiger partial charge in [-0.25, -0.2) is 14.6 Å². The number of amides is 1. The summed E-state index contributed by atoms with van der Waals surface area (Å²) in [5.74, 6) is 0.333. The zero-order valence-corrected chi connectivity index (χ0v) is 17.1. The van der Waals surface area contributed by atoms with Gasteiger partial charge in [-0.2, -0.15) is 0 Å². The van der Waals surface area contributed by atoms with E-state index >= 15 is 0 Å². The predicted molar refractivity (Wildman–Crippen MR) is 116 cm³/mol. The molecule has 8 heteroatoms. The van der Waals surface area contributed by atoms with E-state index in [1.54, 1.807) is 23.4 Å². The maximum Gasteiger partial charge on any atom is 0.224 e. The Bertz CT molecular complexity index is 1190. The zero-order chi connectivity index (χ0) is 21.0. The molecule has 4 heterocycles. The molecule has 0 bridgehead atoms. The van der Waals surface area contributed by atoms with Crippen LogP contribution in [0.15, 0.2) is 61.3 Å². The number of rotatable bonds is 5. The van der Waals surface area contributed by atoms with E-state index in [0.717, 1.165) is 47.2 Å². The molecule has 1 aliphatic rings. The number of likely N-dealkylation sites (tertiary alicyclic amines) is 1. The van der Waals surface area contributed by atoms with Crippen molar-refractivity contribution in [1.29, 1.82) is 0 Å². The minimum atomic E-state index is 0.142. The van der Waals surface area contributed by atoms with E-state index in [9.17, 15) is 4.79 Å². The lowest BCUT2D eigenvalue weighted by Gasteiger charge is -2.33. The largest absolute Gasteiger partial charge is 0.342 e. The Kier molecular flexibility index (Phi) is 5.35. The lowest BCUT2D eigenvalue weighted by molar-refractivity contribution is -0.132. The zero-order valence-electron chi connectivity index (χ0n) is 17.1. The number of nitrogens with zero attached hydrogens (tertiary/aromatic N) is 7. The van der Waals surface area contributed by atoms with Gasteiger partial charge in [0.15, 0.2) is 0 Å². The van der Waals surface area contributed by atoms with Gasteiger partial charge in [0.25, 0.3) is 0 Å². The van der Waals surface area contributed by atoms with Gasteiger partial charge in [-0.05, 0) is 42.7 Å². The molecule has 4 aromatic rings. The fourth-order valence-electron chi connectivity index (χ4n) is 4.29. The van der Waals surface area contributed by atoms with Gasteiger partial charge in [-0.3, -0.25) is 9.78 Å². The van der Waals surface area contributed by atoms with Crippen molar-refractivity contribution in [2.24, 2.45) is 0 Å². The van der Waals surface area contributed by atoms with Crippen LogP contribution >= 0.6 is 0 Å². The standard InChI is InChI=1S/C23H23N7O/c31-22(9-13-30-21-6-2-1-5-20(21)27-28-30)29-12-3-4-18(15-29)23-19(14-25-16-26-23)17-7-10-24-11-8-17/h1-2,5-8,10-11,14,16,18H,3-4,9,12-13,15H2/t18-/m1/s1. The summed E-state index contributed by atoms with van der Waals surface area (Å²) in [6, 6.07) is 11.7. The number of hydrogen-bond acceptors (Lipinski definition) is 6. The van der Waals surface area contributed by atoms with E-state index < -0.39 is 0 Å². The van der Waals surface area contributed by atoms with Crippen LogP contribution in [-0.2, 0) is 11.3 Å². The molecule has 0 aliphatic carbocycles. The molecular formula is C23H23N7O. The molecule has 0 spiro atoms. The van der Waals surface area contributed by atoms with Crippen LogP contribution in [0, 0.1) is 0 Å². The summed E-state index contributed by atoms with van der Waals surface area (Å²) >= 11 is 0. The Labute approximate surface area is 180 Å². The van der Waals surface area contributed by atoms with Gasteiger partial charge in [0.1, 0.15) is 11.8 Å². The lowest BCUT2D eigenvalue weighted by atomic mass is 9.90. The third-order valence-corrected chi connectivity index (χ3v) is 5.85. The molecule has 8 nitrogen and oxygen atoms in total. The smallest absolute Gasteiger partial charge is 0.224 e. The van der Waals surface area contributed by atoms with Crippen molar-refractivity contribution in [1.82, 2.24) is 34.8 Å². The average molecular weight is 413 g/mol. The number of para-hydroxylation sites is 1. The van der Waals surface area contributed by atoms with Crippen LogP contribution in [-0.4, -0.2) is 53.8 Å². The Hall–Kier alpha value is -3.68. The van der Waals surface area contributed by atoms with E-state index in [1.807, 2.05) is 47.5 Å². The summed E-state index contributed by atoms with van der Waals surface area (Å²) in [5, 5.41) is 8.36.